The van der Waals surface area contributed by atoms with Crippen molar-refractivity contribution in [2.24, 2.45) is 0 Å². The van der Waals surface area contributed by atoms with Crippen LogP contribution in [-0.4, -0.2) is 101 Å². The van der Waals surface area contributed by atoms with Gasteiger partial charge in [0, 0.05) is 76.3 Å². The Hall–Kier alpha value is -3.80. The lowest BCUT2D eigenvalue weighted by Gasteiger charge is -2.42. The van der Waals surface area contributed by atoms with E-state index in [1.807, 2.05) is 42.2 Å². The van der Waals surface area contributed by atoms with E-state index in [1.54, 1.807) is 0 Å². The van der Waals surface area contributed by atoms with E-state index in [9.17, 15) is 9.59 Å². The number of amides is 1. The number of carbonyl (C=O) groups excluding carboxylic acids is 1. The van der Waals surface area contributed by atoms with E-state index >= 15 is 0 Å². The Labute approximate surface area is 277 Å². The number of anilines is 4. The minimum absolute atomic E-state index is 0.00683. The van der Waals surface area contributed by atoms with Gasteiger partial charge in [-0.05, 0) is 61.6 Å². The summed E-state index contributed by atoms with van der Waals surface area (Å²) < 4.78 is 2.11. The van der Waals surface area contributed by atoms with Crippen LogP contribution in [0.1, 0.15) is 31.0 Å². The number of aromatic amines is 1. The molecule has 46 heavy (non-hydrogen) atoms. The Bertz CT molecular complexity index is 1530. The van der Waals surface area contributed by atoms with E-state index in [-0.39, 0.29) is 23.3 Å². The smallest absolute Gasteiger partial charge is 0.291 e. The van der Waals surface area contributed by atoms with Crippen molar-refractivity contribution in [1.29, 1.82) is 0 Å². The molecule has 0 spiro atoms. The number of nitrogens with zero attached hydrogens (tertiary/aromatic N) is 6. The Balaban J connectivity index is 1.16. The fourth-order valence-electron chi connectivity index (χ4n) is 7.03. The van der Waals surface area contributed by atoms with Crippen LogP contribution in [0.4, 0.5) is 23.0 Å². The molecular formula is C35H46N8O2S. The van der Waals surface area contributed by atoms with Gasteiger partial charge in [0.15, 0.2) is 11.6 Å². The number of carbonyl (C=O) groups is 1. The summed E-state index contributed by atoms with van der Waals surface area (Å²) in [7, 11) is 0. The van der Waals surface area contributed by atoms with E-state index in [0.29, 0.717) is 32.1 Å². The fraction of sp³-hybridized carbons (Fsp3) is 0.457. The monoisotopic (exact) mass is 642 g/mol. The Morgan fingerprint density at radius 1 is 1.00 bits per heavy atom. The lowest BCUT2D eigenvalue weighted by atomic mass is 10.0. The maximum absolute atomic E-state index is 13.2. The summed E-state index contributed by atoms with van der Waals surface area (Å²) in [6.07, 6.45) is 5.10. The third-order valence-electron chi connectivity index (χ3n) is 9.64. The summed E-state index contributed by atoms with van der Waals surface area (Å²) in [6, 6.07) is 19.2. The summed E-state index contributed by atoms with van der Waals surface area (Å²) in [5, 5.41) is 3.29. The largest absolute Gasteiger partial charge is 0.371 e. The topological polar surface area (TPSA) is 91.1 Å². The van der Waals surface area contributed by atoms with Crippen molar-refractivity contribution in [3.63, 3.8) is 0 Å². The highest BCUT2D eigenvalue weighted by atomic mass is 32.1. The van der Waals surface area contributed by atoms with Gasteiger partial charge >= 0.3 is 0 Å². The second kappa shape index (κ2) is 14.7. The number of piperazine rings is 2. The summed E-state index contributed by atoms with van der Waals surface area (Å²) in [5.74, 6) is 0.960. The molecule has 4 heterocycles. The summed E-state index contributed by atoms with van der Waals surface area (Å²) in [6.45, 7) is 13.8. The predicted molar refractivity (Wildman–Crippen MR) is 189 cm³/mol. The lowest BCUT2D eigenvalue weighted by Crippen LogP contribution is -2.56. The molecule has 1 unspecified atom stereocenters. The molecule has 1 aromatic heterocycles. The van der Waals surface area contributed by atoms with Crippen LogP contribution < -0.4 is 20.7 Å². The van der Waals surface area contributed by atoms with Crippen LogP contribution in [0.3, 0.4) is 0 Å². The van der Waals surface area contributed by atoms with Crippen molar-refractivity contribution >= 4 is 41.7 Å². The van der Waals surface area contributed by atoms with Gasteiger partial charge in [-0.25, -0.2) is 4.98 Å². The average molecular weight is 643 g/mol. The molecule has 1 amide bonds. The van der Waals surface area contributed by atoms with E-state index < -0.39 is 0 Å². The molecule has 3 saturated heterocycles. The van der Waals surface area contributed by atoms with E-state index in [0.717, 1.165) is 62.9 Å². The highest BCUT2D eigenvalue weighted by Crippen LogP contribution is 2.28. The Kier molecular flexibility index (Phi) is 10.3. The number of hydrogen-bond donors (Lipinski definition) is 3. The highest BCUT2D eigenvalue weighted by molar-refractivity contribution is 7.77. The molecular weight excluding hydrogens is 597 g/mol. The molecule has 3 aliphatic heterocycles. The van der Waals surface area contributed by atoms with Gasteiger partial charge in [0.1, 0.15) is 0 Å². The molecule has 3 aliphatic rings. The number of aromatic nitrogens is 2. The van der Waals surface area contributed by atoms with Gasteiger partial charge < -0.3 is 25.0 Å². The molecule has 3 aromatic rings. The van der Waals surface area contributed by atoms with Crippen molar-refractivity contribution in [3.8, 4) is 0 Å². The molecule has 10 nitrogen and oxygen atoms in total. The molecule has 2 N–H and O–H groups in total. The second-order valence-corrected chi connectivity index (χ2v) is 13.0. The number of H-pyrrole nitrogens is 1. The predicted octanol–water partition coefficient (Wildman–Crippen LogP) is 3.95. The van der Waals surface area contributed by atoms with Gasteiger partial charge in [0.25, 0.3) is 5.56 Å². The zero-order valence-corrected chi connectivity index (χ0v) is 27.7. The maximum Gasteiger partial charge on any atom is 0.291 e. The van der Waals surface area contributed by atoms with Crippen LogP contribution in [0, 0.1) is 0 Å². The van der Waals surface area contributed by atoms with Crippen molar-refractivity contribution < 1.29 is 4.79 Å². The van der Waals surface area contributed by atoms with Crippen molar-refractivity contribution in [2.45, 2.75) is 44.7 Å². The van der Waals surface area contributed by atoms with Gasteiger partial charge in [-0.15, -0.1) is 0 Å². The fourth-order valence-corrected chi connectivity index (χ4v) is 7.21. The van der Waals surface area contributed by atoms with Gasteiger partial charge in [-0.1, -0.05) is 56.6 Å². The zero-order chi connectivity index (χ0) is 32.0. The van der Waals surface area contributed by atoms with Crippen molar-refractivity contribution in [2.75, 3.05) is 74.0 Å². The van der Waals surface area contributed by atoms with Crippen LogP contribution >= 0.6 is 12.8 Å². The molecule has 0 aliphatic carbocycles. The Morgan fingerprint density at radius 2 is 1.72 bits per heavy atom. The molecule has 2 aromatic carbocycles. The van der Waals surface area contributed by atoms with E-state index in [1.165, 1.54) is 30.2 Å². The van der Waals surface area contributed by atoms with Gasteiger partial charge in [0.2, 0.25) is 5.91 Å². The molecule has 0 bridgehead atoms. The molecule has 11 heteroatoms. The normalized spacial score (nSPS) is 20.1. The van der Waals surface area contributed by atoms with Gasteiger partial charge in [-0.2, -0.15) is 0 Å². The first-order valence-electron chi connectivity index (χ1n) is 16.6. The molecule has 3 fully saturated rings. The third kappa shape index (κ3) is 7.43. The standard InChI is InChI=1S/C35H46N8O2S/c1-3-31-34(43-23-20-41(32(44)4-2)25-30(43)24-26-8-6-5-7-9-26)38-33(35(45)37-31)36-27-10-12-28(13-11-27)39-16-14-29(15-17-39)40-18-21-42(46)22-19-40/h4-13,29-30,46H,2-3,14-25H2,1H3,(H,36,38)(H,37,45). The maximum atomic E-state index is 13.2. The molecule has 244 valence electrons. The van der Waals surface area contributed by atoms with Crippen LogP contribution in [0.2, 0.25) is 0 Å². The van der Waals surface area contributed by atoms with Crippen molar-refractivity contribution in [1.82, 2.24) is 24.1 Å². The van der Waals surface area contributed by atoms with Crippen LogP contribution in [0.5, 0.6) is 0 Å². The van der Waals surface area contributed by atoms with E-state index in [4.69, 9.17) is 4.98 Å². The number of thiol groups is 1. The molecule has 0 saturated carbocycles. The number of aryl methyl sites for hydroxylation is 1. The quantitative estimate of drug-likeness (QED) is 0.239. The van der Waals surface area contributed by atoms with Crippen LogP contribution in [0.25, 0.3) is 0 Å². The lowest BCUT2D eigenvalue weighted by molar-refractivity contribution is -0.126. The number of piperidine rings is 1. The highest BCUT2D eigenvalue weighted by Gasteiger charge is 2.32. The van der Waals surface area contributed by atoms with Gasteiger partial charge in [0.05, 0.1) is 11.7 Å². The Morgan fingerprint density at radius 3 is 2.39 bits per heavy atom. The first kappa shape index (κ1) is 32.2. The zero-order valence-electron chi connectivity index (χ0n) is 26.8. The molecule has 1 atom stereocenters. The summed E-state index contributed by atoms with van der Waals surface area (Å²) >= 11 is 4.50. The number of rotatable bonds is 9. The summed E-state index contributed by atoms with van der Waals surface area (Å²) in [4.78, 5) is 43.0. The average Bonchev–Trinajstić information content (AvgIpc) is 3.10. The first-order chi connectivity index (χ1) is 22.4. The van der Waals surface area contributed by atoms with Crippen LogP contribution in [0.15, 0.2) is 72.0 Å². The number of benzene rings is 2. The van der Waals surface area contributed by atoms with Crippen LogP contribution in [-0.2, 0) is 17.6 Å². The first-order valence-corrected chi connectivity index (χ1v) is 17.0. The minimum atomic E-state index is -0.245. The SMILES string of the molecule is C=CC(=O)N1CCN(c2nc(Nc3ccc(N4CCC(N5CCN(S)CC5)CC4)cc3)c(=O)[nH]c2CC)C(Cc2ccccc2)C1. The summed E-state index contributed by atoms with van der Waals surface area (Å²) in [5.41, 5.74) is 3.75. The van der Waals surface area contributed by atoms with Gasteiger partial charge in [-0.3, -0.25) is 18.8 Å². The second-order valence-electron chi connectivity index (χ2n) is 12.5. The number of hydrogen-bond acceptors (Lipinski definition) is 9. The van der Waals surface area contributed by atoms with Crippen molar-refractivity contribution in [3.05, 3.63) is 88.9 Å². The molecule has 0 radical (unpaired) electrons. The third-order valence-corrected chi connectivity index (χ3v) is 10.0. The van der Waals surface area contributed by atoms with E-state index in [2.05, 4.69) is 73.0 Å². The molecule has 6 rings (SSSR count). The minimum Gasteiger partial charge on any atom is -0.371 e. The number of nitrogens with one attached hydrogen (secondary N) is 2.